The first kappa shape index (κ1) is 22.2. The number of aryl methyl sites for hydroxylation is 1. The fraction of sp³-hybridized carbons (Fsp3) is 0.231. The monoisotopic (exact) mass is 441 g/mol. The second-order valence-corrected chi connectivity index (χ2v) is 8.02. The number of carbonyl (C=O) groups excluding carboxylic acids is 1. The van der Waals surface area contributed by atoms with Crippen LogP contribution < -0.4 is 10.1 Å². The van der Waals surface area contributed by atoms with Gasteiger partial charge in [-0.25, -0.2) is 9.97 Å². The Balaban J connectivity index is 1.45. The number of anilines is 1. The van der Waals surface area contributed by atoms with E-state index in [-0.39, 0.29) is 11.9 Å². The summed E-state index contributed by atoms with van der Waals surface area (Å²) in [6, 6.07) is 15.3. The minimum absolute atomic E-state index is 0.0528. The Hall–Kier alpha value is -4.00. The second-order valence-electron chi connectivity index (χ2n) is 8.02. The van der Waals surface area contributed by atoms with E-state index in [0.29, 0.717) is 29.4 Å². The van der Waals surface area contributed by atoms with E-state index >= 15 is 0 Å². The summed E-state index contributed by atoms with van der Waals surface area (Å²) in [5.41, 5.74) is 2.77. The number of ether oxygens (including phenoxy) is 1. The molecule has 0 saturated carbocycles. The van der Waals surface area contributed by atoms with E-state index in [9.17, 15) is 4.79 Å². The molecule has 1 amide bonds. The molecule has 1 aliphatic rings. The van der Waals surface area contributed by atoms with Crippen LogP contribution in [0.2, 0.25) is 0 Å². The Labute approximate surface area is 193 Å². The molecule has 3 aromatic rings. The van der Waals surface area contributed by atoms with Crippen molar-refractivity contribution in [2.45, 2.75) is 25.8 Å². The fourth-order valence-electron chi connectivity index (χ4n) is 3.98. The van der Waals surface area contributed by atoms with Crippen molar-refractivity contribution in [2.24, 2.45) is 0 Å². The summed E-state index contributed by atoms with van der Waals surface area (Å²) >= 11 is 0. The third kappa shape index (κ3) is 5.26. The Bertz CT molecular complexity index is 1160. The predicted octanol–water partition coefficient (Wildman–Crippen LogP) is 4.58. The zero-order valence-corrected chi connectivity index (χ0v) is 18.6. The molecule has 0 spiro atoms. The van der Waals surface area contributed by atoms with Crippen molar-refractivity contribution in [3.05, 3.63) is 90.4 Å². The summed E-state index contributed by atoms with van der Waals surface area (Å²) in [4.78, 5) is 22.4. The van der Waals surface area contributed by atoms with Gasteiger partial charge >= 0.3 is 0 Å². The van der Waals surface area contributed by atoms with Crippen LogP contribution in [0.25, 0.3) is 0 Å². The highest BCUT2D eigenvalue weighted by atomic mass is 16.5. The molecule has 0 unspecified atom stereocenters. The van der Waals surface area contributed by atoms with Crippen LogP contribution in [0.3, 0.4) is 0 Å². The topological polar surface area (TPSA) is 91.2 Å². The molecule has 33 heavy (non-hydrogen) atoms. The SMILES string of the molecule is C=CC(=O)N1CCC[C@H]1CNc1ncncc1C(=N)c1ccc(Oc2cccc(C)c2)cc1. The van der Waals surface area contributed by atoms with E-state index in [2.05, 4.69) is 21.9 Å². The molecule has 2 aromatic carbocycles. The Kier molecular flexibility index (Phi) is 6.78. The Morgan fingerprint density at radius 1 is 1.27 bits per heavy atom. The minimum atomic E-state index is -0.0528. The number of amides is 1. The number of rotatable bonds is 8. The van der Waals surface area contributed by atoms with Crippen LogP contribution in [-0.4, -0.2) is 45.6 Å². The first-order chi connectivity index (χ1) is 16.0. The quantitative estimate of drug-likeness (QED) is 0.394. The molecule has 1 aliphatic heterocycles. The molecule has 7 nitrogen and oxygen atoms in total. The van der Waals surface area contributed by atoms with Crippen molar-refractivity contribution < 1.29 is 9.53 Å². The number of likely N-dealkylation sites (tertiary alicyclic amines) is 1. The van der Waals surface area contributed by atoms with Gasteiger partial charge in [0.2, 0.25) is 5.91 Å². The van der Waals surface area contributed by atoms with Gasteiger partial charge in [-0.2, -0.15) is 0 Å². The summed E-state index contributed by atoms with van der Waals surface area (Å²) in [5.74, 6) is 2.00. The maximum atomic E-state index is 12.1. The Morgan fingerprint density at radius 3 is 2.85 bits per heavy atom. The molecule has 1 saturated heterocycles. The summed E-state index contributed by atoms with van der Waals surface area (Å²) in [6.07, 6.45) is 6.34. The Morgan fingerprint density at radius 2 is 2.09 bits per heavy atom. The average molecular weight is 442 g/mol. The second kappa shape index (κ2) is 10.1. The van der Waals surface area contributed by atoms with Crippen molar-refractivity contribution in [3.63, 3.8) is 0 Å². The van der Waals surface area contributed by atoms with Gasteiger partial charge in [-0.05, 0) is 67.8 Å². The molecule has 2 N–H and O–H groups in total. The van der Waals surface area contributed by atoms with Gasteiger partial charge in [0.05, 0.1) is 11.3 Å². The molecule has 0 aliphatic carbocycles. The first-order valence-corrected chi connectivity index (χ1v) is 11.0. The maximum Gasteiger partial charge on any atom is 0.246 e. The first-order valence-electron chi connectivity index (χ1n) is 11.0. The number of aromatic nitrogens is 2. The molecular formula is C26H27N5O2. The van der Waals surface area contributed by atoms with Crippen molar-refractivity contribution in [3.8, 4) is 11.5 Å². The molecule has 0 bridgehead atoms. The minimum Gasteiger partial charge on any atom is -0.457 e. The van der Waals surface area contributed by atoms with Gasteiger partial charge < -0.3 is 15.0 Å². The van der Waals surface area contributed by atoms with Gasteiger partial charge in [0.1, 0.15) is 23.6 Å². The molecule has 2 heterocycles. The largest absolute Gasteiger partial charge is 0.457 e. The van der Waals surface area contributed by atoms with Crippen LogP contribution in [0.4, 0.5) is 5.82 Å². The van der Waals surface area contributed by atoms with Crippen LogP contribution in [0.1, 0.15) is 29.5 Å². The summed E-state index contributed by atoms with van der Waals surface area (Å²) < 4.78 is 5.91. The zero-order chi connectivity index (χ0) is 23.2. The highest BCUT2D eigenvalue weighted by molar-refractivity contribution is 6.13. The van der Waals surface area contributed by atoms with Crippen molar-refractivity contribution in [2.75, 3.05) is 18.4 Å². The predicted molar refractivity (Wildman–Crippen MR) is 129 cm³/mol. The van der Waals surface area contributed by atoms with Gasteiger partial charge in [-0.3, -0.25) is 10.2 Å². The van der Waals surface area contributed by atoms with Crippen molar-refractivity contribution in [1.29, 1.82) is 5.41 Å². The van der Waals surface area contributed by atoms with Gasteiger partial charge in [0.25, 0.3) is 0 Å². The number of benzene rings is 2. The third-order valence-corrected chi connectivity index (χ3v) is 5.69. The summed E-state index contributed by atoms with van der Waals surface area (Å²) in [5, 5.41) is 12.0. The van der Waals surface area contributed by atoms with Crippen LogP contribution in [0, 0.1) is 12.3 Å². The van der Waals surface area contributed by atoms with Gasteiger partial charge in [0, 0.05) is 30.9 Å². The fourth-order valence-corrected chi connectivity index (χ4v) is 3.98. The van der Waals surface area contributed by atoms with Crippen LogP contribution >= 0.6 is 0 Å². The van der Waals surface area contributed by atoms with Crippen LogP contribution in [0.5, 0.6) is 11.5 Å². The summed E-state index contributed by atoms with van der Waals surface area (Å²) in [7, 11) is 0. The number of nitrogens with zero attached hydrogens (tertiary/aromatic N) is 3. The van der Waals surface area contributed by atoms with Crippen LogP contribution in [-0.2, 0) is 4.79 Å². The van der Waals surface area contributed by atoms with E-state index in [1.165, 1.54) is 12.4 Å². The highest BCUT2D eigenvalue weighted by Crippen LogP contribution is 2.24. The molecule has 7 heteroatoms. The standard InChI is InChI=1S/C26H27N5O2/c1-3-24(32)31-13-5-7-20(31)15-29-26-23(16-28-17-30-26)25(27)19-9-11-21(12-10-19)33-22-8-4-6-18(2)14-22/h3-4,6,8-12,14,16-17,20,27H,1,5,7,13,15H2,2H3,(H,28,29,30)/t20-/m0/s1. The van der Waals surface area contributed by atoms with E-state index in [1.807, 2.05) is 60.4 Å². The number of hydrogen-bond donors (Lipinski definition) is 2. The highest BCUT2D eigenvalue weighted by Gasteiger charge is 2.27. The molecule has 1 fully saturated rings. The molecule has 1 atom stereocenters. The van der Waals surface area contributed by atoms with E-state index < -0.39 is 0 Å². The van der Waals surface area contributed by atoms with Gasteiger partial charge in [-0.15, -0.1) is 0 Å². The van der Waals surface area contributed by atoms with Crippen molar-refractivity contribution >= 4 is 17.4 Å². The number of carbonyl (C=O) groups is 1. The van der Waals surface area contributed by atoms with Gasteiger partial charge in [-0.1, -0.05) is 18.7 Å². The number of hydrogen-bond acceptors (Lipinski definition) is 6. The van der Waals surface area contributed by atoms with E-state index in [4.69, 9.17) is 10.1 Å². The molecule has 1 aromatic heterocycles. The van der Waals surface area contributed by atoms with E-state index in [1.54, 1.807) is 6.20 Å². The smallest absolute Gasteiger partial charge is 0.246 e. The van der Waals surface area contributed by atoms with Crippen LogP contribution in [0.15, 0.2) is 73.7 Å². The van der Waals surface area contributed by atoms with Gasteiger partial charge in [0.15, 0.2) is 0 Å². The lowest BCUT2D eigenvalue weighted by molar-refractivity contribution is -0.126. The third-order valence-electron chi connectivity index (χ3n) is 5.69. The zero-order valence-electron chi connectivity index (χ0n) is 18.6. The lowest BCUT2D eigenvalue weighted by atomic mass is 10.0. The lowest BCUT2D eigenvalue weighted by Crippen LogP contribution is -2.38. The maximum absolute atomic E-state index is 12.1. The molecule has 168 valence electrons. The summed E-state index contributed by atoms with van der Waals surface area (Å²) in [6.45, 7) is 6.91. The molecular weight excluding hydrogens is 414 g/mol. The molecule has 0 radical (unpaired) electrons. The van der Waals surface area contributed by atoms with E-state index in [0.717, 1.165) is 36.3 Å². The molecule has 4 rings (SSSR count). The number of nitrogens with one attached hydrogen (secondary N) is 2. The normalized spacial score (nSPS) is 15.2. The lowest BCUT2D eigenvalue weighted by Gasteiger charge is -2.24. The average Bonchev–Trinajstić information content (AvgIpc) is 3.31. The van der Waals surface area contributed by atoms with Crippen molar-refractivity contribution in [1.82, 2.24) is 14.9 Å².